The molecule has 1 aliphatic heterocycles. The van der Waals surface area contributed by atoms with Crippen LogP contribution in [-0.2, 0) is 4.74 Å². The summed E-state index contributed by atoms with van der Waals surface area (Å²) < 4.78 is 6.51. The van der Waals surface area contributed by atoms with Crippen molar-refractivity contribution in [2.75, 3.05) is 13.1 Å². The van der Waals surface area contributed by atoms with Gasteiger partial charge in [0.25, 0.3) is 0 Å². The largest absolute Gasteiger partial charge is 0.364 e. The molecule has 0 amide bonds. The van der Waals surface area contributed by atoms with Crippen LogP contribution < -0.4 is 5.32 Å². The van der Waals surface area contributed by atoms with Crippen LogP contribution >= 0.6 is 11.6 Å². The predicted octanol–water partition coefficient (Wildman–Crippen LogP) is 3.95. The monoisotopic (exact) mass is 279 g/mol. The first kappa shape index (κ1) is 13.4. The van der Waals surface area contributed by atoms with E-state index in [2.05, 4.69) is 18.3 Å². The SMILES string of the molecule is CC1CCCC2(CNCC(c3ccccc3Cl)O2)C1. The van der Waals surface area contributed by atoms with Gasteiger partial charge in [-0.1, -0.05) is 49.6 Å². The van der Waals surface area contributed by atoms with Gasteiger partial charge in [0.1, 0.15) is 0 Å². The molecule has 1 spiro atoms. The Morgan fingerprint density at radius 2 is 2.21 bits per heavy atom. The number of benzene rings is 1. The first-order chi connectivity index (χ1) is 9.19. The zero-order chi connectivity index (χ0) is 13.3. The second-order valence-electron chi connectivity index (χ2n) is 6.14. The molecule has 2 aliphatic rings. The van der Waals surface area contributed by atoms with Crippen LogP contribution in [0.4, 0.5) is 0 Å². The maximum atomic E-state index is 6.51. The van der Waals surface area contributed by atoms with Crippen LogP contribution in [-0.4, -0.2) is 18.7 Å². The summed E-state index contributed by atoms with van der Waals surface area (Å²) in [6.07, 6.45) is 5.04. The van der Waals surface area contributed by atoms with Crippen molar-refractivity contribution in [2.45, 2.75) is 44.3 Å². The molecule has 3 heteroatoms. The summed E-state index contributed by atoms with van der Waals surface area (Å²) in [5, 5.41) is 4.37. The Labute approximate surface area is 120 Å². The Bertz CT molecular complexity index is 446. The van der Waals surface area contributed by atoms with Crippen LogP contribution in [0.25, 0.3) is 0 Å². The minimum absolute atomic E-state index is 0.0275. The highest BCUT2D eigenvalue weighted by Crippen LogP contribution is 2.41. The zero-order valence-corrected chi connectivity index (χ0v) is 12.2. The smallest absolute Gasteiger partial charge is 0.0971 e. The van der Waals surface area contributed by atoms with Gasteiger partial charge in [-0.15, -0.1) is 0 Å². The Morgan fingerprint density at radius 1 is 1.37 bits per heavy atom. The van der Waals surface area contributed by atoms with E-state index in [1.54, 1.807) is 0 Å². The van der Waals surface area contributed by atoms with Crippen LogP contribution in [0.3, 0.4) is 0 Å². The molecule has 0 radical (unpaired) electrons. The van der Waals surface area contributed by atoms with Crippen molar-refractivity contribution in [1.29, 1.82) is 0 Å². The van der Waals surface area contributed by atoms with Crippen molar-refractivity contribution in [3.8, 4) is 0 Å². The molecule has 3 unspecified atom stereocenters. The number of morpholine rings is 1. The molecule has 1 N–H and O–H groups in total. The fraction of sp³-hybridized carbons (Fsp3) is 0.625. The van der Waals surface area contributed by atoms with Crippen molar-refractivity contribution >= 4 is 11.6 Å². The highest BCUT2D eigenvalue weighted by atomic mass is 35.5. The van der Waals surface area contributed by atoms with Gasteiger partial charge in [-0.05, 0) is 24.8 Å². The van der Waals surface area contributed by atoms with Crippen molar-refractivity contribution in [1.82, 2.24) is 5.32 Å². The normalized spacial score (nSPS) is 35.5. The average molecular weight is 280 g/mol. The van der Waals surface area contributed by atoms with E-state index in [1.807, 2.05) is 18.2 Å². The molecule has 3 rings (SSSR count). The third-order valence-corrected chi connectivity index (χ3v) is 4.82. The molecule has 1 aliphatic carbocycles. The molecular formula is C16H22ClNO. The van der Waals surface area contributed by atoms with Crippen LogP contribution in [0.5, 0.6) is 0 Å². The van der Waals surface area contributed by atoms with E-state index in [1.165, 1.54) is 25.7 Å². The summed E-state index contributed by atoms with van der Waals surface area (Å²) in [5.41, 5.74) is 1.15. The molecule has 104 valence electrons. The Kier molecular flexibility index (Phi) is 3.84. The van der Waals surface area contributed by atoms with Crippen LogP contribution in [0.1, 0.15) is 44.3 Å². The van der Waals surface area contributed by atoms with Crippen molar-refractivity contribution < 1.29 is 4.74 Å². The fourth-order valence-electron chi connectivity index (χ4n) is 3.61. The molecule has 1 heterocycles. The molecule has 0 bridgehead atoms. The van der Waals surface area contributed by atoms with Crippen molar-refractivity contribution in [2.24, 2.45) is 5.92 Å². The zero-order valence-electron chi connectivity index (χ0n) is 11.5. The second kappa shape index (κ2) is 5.43. The summed E-state index contributed by atoms with van der Waals surface area (Å²) in [5.74, 6) is 0.764. The van der Waals surface area contributed by atoms with Crippen LogP contribution in [0, 0.1) is 5.92 Å². The molecule has 2 nitrogen and oxygen atoms in total. The number of ether oxygens (including phenoxy) is 1. The lowest BCUT2D eigenvalue weighted by molar-refractivity contribution is -0.143. The summed E-state index contributed by atoms with van der Waals surface area (Å²) >= 11 is 6.31. The first-order valence-corrected chi connectivity index (χ1v) is 7.69. The van der Waals surface area contributed by atoms with Gasteiger partial charge in [-0.3, -0.25) is 0 Å². The lowest BCUT2D eigenvalue weighted by Crippen LogP contribution is -2.53. The Morgan fingerprint density at radius 3 is 3.00 bits per heavy atom. The van der Waals surface area contributed by atoms with E-state index in [4.69, 9.17) is 16.3 Å². The lowest BCUT2D eigenvalue weighted by Gasteiger charge is -2.46. The lowest BCUT2D eigenvalue weighted by atomic mass is 9.77. The van der Waals surface area contributed by atoms with Crippen LogP contribution in [0.15, 0.2) is 24.3 Å². The average Bonchev–Trinajstić information content (AvgIpc) is 2.39. The minimum atomic E-state index is 0.0275. The highest BCUT2D eigenvalue weighted by Gasteiger charge is 2.40. The van der Waals surface area contributed by atoms with Gasteiger partial charge in [0.05, 0.1) is 11.7 Å². The number of halogens is 1. The van der Waals surface area contributed by atoms with Gasteiger partial charge in [-0.2, -0.15) is 0 Å². The molecule has 1 saturated heterocycles. The molecule has 3 atom stereocenters. The topological polar surface area (TPSA) is 21.3 Å². The summed E-state index contributed by atoms with van der Waals surface area (Å²) in [6.45, 7) is 4.18. The van der Waals surface area contributed by atoms with E-state index < -0.39 is 0 Å². The number of rotatable bonds is 1. The second-order valence-corrected chi connectivity index (χ2v) is 6.55. The molecule has 1 aromatic rings. The number of hydrogen-bond donors (Lipinski definition) is 1. The van der Waals surface area contributed by atoms with E-state index in [0.717, 1.165) is 29.6 Å². The van der Waals surface area contributed by atoms with E-state index in [9.17, 15) is 0 Å². The third kappa shape index (κ3) is 2.81. The maximum absolute atomic E-state index is 6.51. The standard InChI is InChI=1S/C16H22ClNO/c1-12-5-4-8-16(9-12)11-18-10-15(19-16)13-6-2-3-7-14(13)17/h2-3,6-7,12,15,18H,4-5,8-11H2,1H3. The maximum Gasteiger partial charge on any atom is 0.0971 e. The van der Waals surface area contributed by atoms with Gasteiger partial charge >= 0.3 is 0 Å². The molecule has 1 aromatic carbocycles. The Balaban J connectivity index is 1.80. The number of hydrogen-bond acceptors (Lipinski definition) is 2. The Hall–Kier alpha value is -0.570. The third-order valence-electron chi connectivity index (χ3n) is 4.47. The molecule has 1 saturated carbocycles. The molecule has 19 heavy (non-hydrogen) atoms. The van der Waals surface area contributed by atoms with E-state index >= 15 is 0 Å². The summed E-state index contributed by atoms with van der Waals surface area (Å²) in [6, 6.07) is 8.04. The van der Waals surface area contributed by atoms with Gasteiger partial charge in [0, 0.05) is 23.7 Å². The number of nitrogens with one attached hydrogen (secondary N) is 1. The highest BCUT2D eigenvalue weighted by molar-refractivity contribution is 6.31. The summed E-state index contributed by atoms with van der Waals surface area (Å²) in [7, 11) is 0. The van der Waals surface area contributed by atoms with E-state index in [-0.39, 0.29) is 11.7 Å². The van der Waals surface area contributed by atoms with E-state index in [0.29, 0.717) is 0 Å². The minimum Gasteiger partial charge on any atom is -0.364 e. The molecule has 2 fully saturated rings. The molecular weight excluding hydrogens is 258 g/mol. The van der Waals surface area contributed by atoms with Gasteiger partial charge in [0.15, 0.2) is 0 Å². The molecule has 0 aromatic heterocycles. The fourth-order valence-corrected chi connectivity index (χ4v) is 3.86. The first-order valence-electron chi connectivity index (χ1n) is 7.31. The van der Waals surface area contributed by atoms with Gasteiger partial charge in [0.2, 0.25) is 0 Å². The quantitative estimate of drug-likeness (QED) is 0.840. The van der Waals surface area contributed by atoms with Gasteiger partial charge in [-0.25, -0.2) is 0 Å². The van der Waals surface area contributed by atoms with Crippen LogP contribution in [0.2, 0.25) is 5.02 Å². The van der Waals surface area contributed by atoms with Crippen molar-refractivity contribution in [3.05, 3.63) is 34.9 Å². The van der Waals surface area contributed by atoms with Crippen molar-refractivity contribution in [3.63, 3.8) is 0 Å². The predicted molar refractivity (Wildman–Crippen MR) is 78.5 cm³/mol. The summed E-state index contributed by atoms with van der Waals surface area (Å²) in [4.78, 5) is 0. The van der Waals surface area contributed by atoms with Gasteiger partial charge < -0.3 is 10.1 Å².